The third-order valence-electron chi connectivity index (χ3n) is 3.27. The molecule has 104 valence electrons. The summed E-state index contributed by atoms with van der Waals surface area (Å²) in [4.78, 5) is 1.70. The Morgan fingerprint density at radius 2 is 1.70 bits per heavy atom. The van der Waals surface area contributed by atoms with Crippen molar-refractivity contribution < 1.29 is 13.9 Å². The van der Waals surface area contributed by atoms with E-state index in [1.165, 1.54) is 6.07 Å². The first-order chi connectivity index (χ1) is 9.66. The van der Waals surface area contributed by atoms with Crippen LogP contribution in [0.15, 0.2) is 36.4 Å². The van der Waals surface area contributed by atoms with Crippen molar-refractivity contribution in [3.8, 4) is 11.5 Å². The highest BCUT2D eigenvalue weighted by Gasteiger charge is 2.18. The standard InChI is InChI=1S/C15H15FN2O2/c1-18(12-5-3-2-4-10(12)16)13-9-15-14(8-11(13)17)19-6-7-20-15/h2-5,8-9H,6-7,17H2,1H3. The smallest absolute Gasteiger partial charge is 0.163 e. The van der Waals surface area contributed by atoms with Crippen molar-refractivity contribution in [1.29, 1.82) is 0 Å². The number of rotatable bonds is 2. The van der Waals surface area contributed by atoms with Crippen LogP contribution in [0.25, 0.3) is 0 Å². The van der Waals surface area contributed by atoms with Gasteiger partial charge < -0.3 is 20.1 Å². The summed E-state index contributed by atoms with van der Waals surface area (Å²) in [5, 5.41) is 0. The fraction of sp³-hybridized carbons (Fsp3) is 0.200. The highest BCUT2D eigenvalue weighted by molar-refractivity contribution is 5.78. The number of halogens is 1. The van der Waals surface area contributed by atoms with Crippen molar-refractivity contribution in [3.63, 3.8) is 0 Å². The number of ether oxygens (including phenoxy) is 2. The van der Waals surface area contributed by atoms with E-state index >= 15 is 0 Å². The van der Waals surface area contributed by atoms with Gasteiger partial charge in [0.05, 0.1) is 17.1 Å². The fourth-order valence-corrected chi connectivity index (χ4v) is 2.24. The van der Waals surface area contributed by atoms with Gasteiger partial charge in [-0.05, 0) is 12.1 Å². The van der Waals surface area contributed by atoms with Crippen molar-refractivity contribution in [3.05, 3.63) is 42.2 Å². The van der Waals surface area contributed by atoms with E-state index in [1.54, 1.807) is 42.3 Å². The van der Waals surface area contributed by atoms with Gasteiger partial charge in [-0.15, -0.1) is 0 Å². The van der Waals surface area contributed by atoms with Gasteiger partial charge in [-0.1, -0.05) is 12.1 Å². The fourth-order valence-electron chi connectivity index (χ4n) is 2.24. The van der Waals surface area contributed by atoms with E-state index in [1.807, 2.05) is 0 Å². The summed E-state index contributed by atoms with van der Waals surface area (Å²) in [6.45, 7) is 1.01. The first kappa shape index (κ1) is 12.6. The molecule has 0 aromatic heterocycles. The first-order valence-corrected chi connectivity index (χ1v) is 6.34. The van der Waals surface area contributed by atoms with Crippen molar-refractivity contribution in [2.45, 2.75) is 0 Å². The summed E-state index contributed by atoms with van der Waals surface area (Å²) in [6.07, 6.45) is 0. The minimum absolute atomic E-state index is 0.302. The highest BCUT2D eigenvalue weighted by Crippen LogP contribution is 2.40. The Morgan fingerprint density at radius 1 is 1.05 bits per heavy atom. The average Bonchev–Trinajstić information content (AvgIpc) is 2.46. The van der Waals surface area contributed by atoms with Crippen LogP contribution in [0, 0.1) is 5.82 Å². The predicted molar refractivity (Wildman–Crippen MR) is 76.3 cm³/mol. The maximum Gasteiger partial charge on any atom is 0.163 e. The lowest BCUT2D eigenvalue weighted by atomic mass is 10.2. The molecule has 0 bridgehead atoms. The summed E-state index contributed by atoms with van der Waals surface area (Å²) >= 11 is 0. The molecule has 0 saturated carbocycles. The van der Waals surface area contributed by atoms with Gasteiger partial charge >= 0.3 is 0 Å². The van der Waals surface area contributed by atoms with Crippen molar-refractivity contribution >= 4 is 17.1 Å². The third kappa shape index (κ3) is 2.11. The van der Waals surface area contributed by atoms with Crippen LogP contribution in [0.1, 0.15) is 0 Å². The Morgan fingerprint density at radius 3 is 2.40 bits per heavy atom. The minimum Gasteiger partial charge on any atom is -0.486 e. The lowest BCUT2D eigenvalue weighted by Gasteiger charge is -2.25. The van der Waals surface area contributed by atoms with Crippen LogP contribution in [0.2, 0.25) is 0 Å². The molecule has 0 spiro atoms. The molecule has 1 aliphatic heterocycles. The second kappa shape index (κ2) is 4.92. The van der Waals surface area contributed by atoms with Gasteiger partial charge in [0, 0.05) is 19.2 Å². The zero-order valence-electron chi connectivity index (χ0n) is 11.1. The summed E-state index contributed by atoms with van der Waals surface area (Å²) in [7, 11) is 1.76. The predicted octanol–water partition coefficient (Wildman–Crippen LogP) is 2.95. The normalized spacial score (nSPS) is 13.1. The van der Waals surface area contributed by atoms with Crippen LogP contribution in [0.4, 0.5) is 21.5 Å². The number of benzene rings is 2. The van der Waals surface area contributed by atoms with Gasteiger partial charge in [-0.25, -0.2) is 4.39 Å². The molecule has 1 heterocycles. The Hall–Kier alpha value is -2.43. The molecule has 0 radical (unpaired) electrons. The molecule has 0 saturated heterocycles. The molecule has 20 heavy (non-hydrogen) atoms. The zero-order chi connectivity index (χ0) is 14.1. The molecule has 0 atom stereocenters. The number of nitrogens with two attached hydrogens (primary N) is 1. The summed E-state index contributed by atoms with van der Waals surface area (Å²) in [6, 6.07) is 10.0. The maximum atomic E-state index is 13.9. The minimum atomic E-state index is -0.302. The molecule has 2 aromatic carbocycles. The molecule has 0 fully saturated rings. The molecule has 4 nitrogen and oxygen atoms in total. The van der Waals surface area contributed by atoms with Crippen LogP contribution >= 0.6 is 0 Å². The molecule has 5 heteroatoms. The lowest BCUT2D eigenvalue weighted by Crippen LogP contribution is -2.18. The molecule has 2 N–H and O–H groups in total. The van der Waals surface area contributed by atoms with Crippen LogP contribution in [0.5, 0.6) is 11.5 Å². The number of nitrogen functional groups attached to an aromatic ring is 1. The van der Waals surface area contributed by atoms with E-state index in [2.05, 4.69) is 0 Å². The SMILES string of the molecule is CN(c1cc2c(cc1N)OCCO2)c1ccccc1F. The zero-order valence-corrected chi connectivity index (χ0v) is 11.1. The van der Waals surface area contributed by atoms with Gasteiger partial charge in [0.1, 0.15) is 19.0 Å². The molecular formula is C15H15FN2O2. The molecule has 3 rings (SSSR count). The maximum absolute atomic E-state index is 13.9. The number of nitrogens with zero attached hydrogens (tertiary/aromatic N) is 1. The molecular weight excluding hydrogens is 259 g/mol. The molecule has 0 amide bonds. The summed E-state index contributed by atoms with van der Waals surface area (Å²) in [5.41, 5.74) is 7.68. The Balaban J connectivity index is 2.03. The largest absolute Gasteiger partial charge is 0.486 e. The van der Waals surface area contributed by atoms with Gasteiger partial charge in [-0.3, -0.25) is 0 Å². The van der Waals surface area contributed by atoms with Gasteiger partial charge in [-0.2, -0.15) is 0 Å². The topological polar surface area (TPSA) is 47.7 Å². The number of hydrogen-bond donors (Lipinski definition) is 1. The van der Waals surface area contributed by atoms with Gasteiger partial charge in [0.2, 0.25) is 0 Å². The van der Waals surface area contributed by atoms with E-state index < -0.39 is 0 Å². The van der Waals surface area contributed by atoms with E-state index in [9.17, 15) is 4.39 Å². The first-order valence-electron chi connectivity index (χ1n) is 6.34. The summed E-state index contributed by atoms with van der Waals surface area (Å²) < 4.78 is 24.9. The monoisotopic (exact) mass is 274 g/mol. The van der Waals surface area contributed by atoms with E-state index in [-0.39, 0.29) is 5.82 Å². The van der Waals surface area contributed by atoms with Crippen LogP contribution in [0.3, 0.4) is 0 Å². The van der Waals surface area contributed by atoms with E-state index in [0.717, 1.165) is 0 Å². The Labute approximate surface area is 116 Å². The molecule has 1 aliphatic rings. The Kier molecular flexibility index (Phi) is 3.10. The number of para-hydroxylation sites is 1. The summed E-state index contributed by atoms with van der Waals surface area (Å²) in [5.74, 6) is 0.951. The van der Waals surface area contributed by atoms with Crippen molar-refractivity contribution in [1.82, 2.24) is 0 Å². The van der Waals surface area contributed by atoms with Crippen LogP contribution < -0.4 is 20.1 Å². The molecule has 2 aromatic rings. The van der Waals surface area contributed by atoms with Gasteiger partial charge in [0.15, 0.2) is 11.5 Å². The van der Waals surface area contributed by atoms with Gasteiger partial charge in [0.25, 0.3) is 0 Å². The quantitative estimate of drug-likeness (QED) is 0.855. The second-order valence-corrected chi connectivity index (χ2v) is 4.57. The number of hydrogen-bond acceptors (Lipinski definition) is 4. The van der Waals surface area contributed by atoms with Crippen molar-refractivity contribution in [2.24, 2.45) is 0 Å². The van der Waals surface area contributed by atoms with E-state index in [0.29, 0.717) is 41.8 Å². The lowest BCUT2D eigenvalue weighted by molar-refractivity contribution is 0.172. The molecule has 0 aliphatic carbocycles. The number of anilines is 3. The van der Waals surface area contributed by atoms with E-state index in [4.69, 9.17) is 15.2 Å². The van der Waals surface area contributed by atoms with Crippen LogP contribution in [-0.4, -0.2) is 20.3 Å². The highest BCUT2D eigenvalue weighted by atomic mass is 19.1. The second-order valence-electron chi connectivity index (χ2n) is 4.57. The molecule has 0 unspecified atom stereocenters. The third-order valence-corrected chi connectivity index (χ3v) is 3.27. The van der Waals surface area contributed by atoms with Crippen LogP contribution in [-0.2, 0) is 0 Å². The van der Waals surface area contributed by atoms with Crippen molar-refractivity contribution in [2.75, 3.05) is 30.9 Å². The average molecular weight is 274 g/mol. The Bertz CT molecular complexity index is 646. The number of fused-ring (bicyclic) bond motifs is 1.